The summed E-state index contributed by atoms with van der Waals surface area (Å²) in [6, 6.07) is 11.8. The fraction of sp³-hybridized carbons (Fsp3) is 0.214. The Labute approximate surface area is 101 Å². The molecule has 0 saturated heterocycles. The van der Waals surface area contributed by atoms with E-state index >= 15 is 0 Å². The third-order valence-corrected chi connectivity index (χ3v) is 2.60. The smallest absolute Gasteiger partial charge is 0.131 e. The van der Waals surface area contributed by atoms with Crippen LogP contribution in [0.15, 0.2) is 42.6 Å². The summed E-state index contributed by atoms with van der Waals surface area (Å²) in [5.74, 6) is 0.851. The molecule has 0 bridgehead atoms. The molecule has 2 aromatic rings. The molecular weight excluding hydrogens is 212 g/mol. The number of hydrogen-bond donors (Lipinski definition) is 1. The maximum Gasteiger partial charge on any atom is 0.131 e. The van der Waals surface area contributed by atoms with Gasteiger partial charge in [-0.15, -0.1) is 0 Å². The summed E-state index contributed by atoms with van der Waals surface area (Å²) in [7, 11) is 0. The summed E-state index contributed by atoms with van der Waals surface area (Å²) < 4.78 is 5.67. The van der Waals surface area contributed by atoms with Gasteiger partial charge >= 0.3 is 0 Å². The van der Waals surface area contributed by atoms with Crippen molar-refractivity contribution in [2.24, 2.45) is 5.73 Å². The molecule has 0 aliphatic carbocycles. The van der Waals surface area contributed by atoms with E-state index in [0.717, 1.165) is 17.0 Å². The summed E-state index contributed by atoms with van der Waals surface area (Å²) in [6.07, 6.45) is 1.76. The number of rotatable bonds is 4. The molecule has 1 heterocycles. The average molecular weight is 228 g/mol. The lowest BCUT2D eigenvalue weighted by molar-refractivity contribution is 0.300. The largest absolute Gasteiger partial charge is 0.487 e. The Hall–Kier alpha value is -1.87. The third kappa shape index (κ3) is 3.04. The van der Waals surface area contributed by atoms with Gasteiger partial charge in [-0.3, -0.25) is 4.98 Å². The first-order valence-electron chi connectivity index (χ1n) is 5.62. The predicted molar refractivity (Wildman–Crippen MR) is 67.6 cm³/mol. The Morgan fingerprint density at radius 2 is 1.94 bits per heavy atom. The van der Waals surface area contributed by atoms with Gasteiger partial charge in [-0.25, -0.2) is 0 Å². The van der Waals surface area contributed by atoms with Gasteiger partial charge in [0.05, 0.1) is 5.69 Å². The molecule has 0 unspecified atom stereocenters. The Bertz CT molecular complexity index is 480. The lowest BCUT2D eigenvalue weighted by Crippen LogP contribution is -2.06. The normalized spacial score (nSPS) is 10.2. The van der Waals surface area contributed by atoms with E-state index in [1.165, 1.54) is 5.56 Å². The second kappa shape index (κ2) is 5.46. The van der Waals surface area contributed by atoms with Gasteiger partial charge in [0.25, 0.3) is 0 Å². The van der Waals surface area contributed by atoms with E-state index in [9.17, 15) is 0 Å². The molecule has 1 aromatic heterocycles. The number of aromatic nitrogens is 1. The van der Waals surface area contributed by atoms with Crippen molar-refractivity contribution < 1.29 is 4.74 Å². The van der Waals surface area contributed by atoms with Crippen LogP contribution in [0.25, 0.3) is 0 Å². The van der Waals surface area contributed by atoms with Gasteiger partial charge in [0.2, 0.25) is 0 Å². The molecular formula is C14H16N2O. The molecule has 2 rings (SSSR count). The molecule has 3 heteroatoms. The number of benzene rings is 1. The minimum Gasteiger partial charge on any atom is -0.487 e. The maximum atomic E-state index is 5.67. The van der Waals surface area contributed by atoms with Crippen LogP contribution in [0, 0.1) is 6.92 Å². The van der Waals surface area contributed by atoms with Crippen LogP contribution in [-0.2, 0) is 13.2 Å². The van der Waals surface area contributed by atoms with E-state index < -0.39 is 0 Å². The number of pyridine rings is 1. The van der Waals surface area contributed by atoms with Crippen molar-refractivity contribution in [1.29, 1.82) is 0 Å². The fourth-order valence-corrected chi connectivity index (χ4v) is 1.57. The molecule has 0 spiro atoms. The number of hydrogen-bond acceptors (Lipinski definition) is 3. The molecule has 0 atom stereocenters. The van der Waals surface area contributed by atoms with Crippen molar-refractivity contribution in [2.45, 2.75) is 20.1 Å². The SMILES string of the molecule is Cc1ccc(OCc2ncccc2CN)cc1. The number of aryl methyl sites for hydroxylation is 1. The van der Waals surface area contributed by atoms with Crippen LogP contribution in [-0.4, -0.2) is 4.98 Å². The summed E-state index contributed by atoms with van der Waals surface area (Å²) in [5.41, 5.74) is 8.79. The first kappa shape index (κ1) is 11.6. The topological polar surface area (TPSA) is 48.1 Å². The fourth-order valence-electron chi connectivity index (χ4n) is 1.57. The van der Waals surface area contributed by atoms with Crippen LogP contribution in [0.3, 0.4) is 0 Å². The molecule has 0 radical (unpaired) electrons. The minimum absolute atomic E-state index is 0.455. The Kier molecular flexibility index (Phi) is 3.73. The van der Waals surface area contributed by atoms with Crippen LogP contribution in [0.1, 0.15) is 16.8 Å². The van der Waals surface area contributed by atoms with E-state index in [0.29, 0.717) is 13.2 Å². The molecule has 2 N–H and O–H groups in total. The highest BCUT2D eigenvalue weighted by Gasteiger charge is 2.02. The van der Waals surface area contributed by atoms with E-state index in [1.54, 1.807) is 6.20 Å². The lowest BCUT2D eigenvalue weighted by Gasteiger charge is -2.08. The van der Waals surface area contributed by atoms with Crippen LogP contribution in [0.4, 0.5) is 0 Å². The van der Waals surface area contributed by atoms with E-state index in [4.69, 9.17) is 10.5 Å². The summed E-state index contributed by atoms with van der Waals surface area (Å²) in [4.78, 5) is 4.28. The van der Waals surface area contributed by atoms with Crippen LogP contribution in [0.5, 0.6) is 5.75 Å². The zero-order chi connectivity index (χ0) is 12.1. The highest BCUT2D eigenvalue weighted by molar-refractivity contribution is 5.27. The van der Waals surface area contributed by atoms with E-state index in [2.05, 4.69) is 11.9 Å². The van der Waals surface area contributed by atoms with Gasteiger partial charge in [-0.1, -0.05) is 23.8 Å². The van der Waals surface area contributed by atoms with Crippen LogP contribution in [0.2, 0.25) is 0 Å². The molecule has 17 heavy (non-hydrogen) atoms. The third-order valence-electron chi connectivity index (χ3n) is 2.60. The van der Waals surface area contributed by atoms with Crippen molar-refractivity contribution in [3.05, 3.63) is 59.4 Å². The summed E-state index contributed by atoms with van der Waals surface area (Å²) in [6.45, 7) is 2.99. The summed E-state index contributed by atoms with van der Waals surface area (Å²) in [5, 5.41) is 0. The van der Waals surface area contributed by atoms with Gasteiger partial charge in [0.15, 0.2) is 0 Å². The maximum absolute atomic E-state index is 5.67. The van der Waals surface area contributed by atoms with Gasteiger partial charge in [-0.05, 0) is 30.7 Å². The second-order valence-corrected chi connectivity index (χ2v) is 3.92. The Balaban J connectivity index is 2.04. The minimum atomic E-state index is 0.455. The molecule has 0 fully saturated rings. The quantitative estimate of drug-likeness (QED) is 0.874. The predicted octanol–water partition coefficient (Wildman–Crippen LogP) is 2.43. The molecule has 0 saturated carbocycles. The average Bonchev–Trinajstić information content (AvgIpc) is 2.38. The van der Waals surface area contributed by atoms with Crippen LogP contribution >= 0.6 is 0 Å². The Morgan fingerprint density at radius 3 is 2.65 bits per heavy atom. The van der Waals surface area contributed by atoms with Crippen molar-refractivity contribution >= 4 is 0 Å². The lowest BCUT2D eigenvalue weighted by atomic mass is 10.2. The van der Waals surface area contributed by atoms with Gasteiger partial charge < -0.3 is 10.5 Å². The zero-order valence-corrected chi connectivity index (χ0v) is 9.89. The monoisotopic (exact) mass is 228 g/mol. The molecule has 3 nitrogen and oxygen atoms in total. The van der Waals surface area contributed by atoms with Gasteiger partial charge in [0, 0.05) is 12.7 Å². The van der Waals surface area contributed by atoms with E-state index in [1.807, 2.05) is 36.4 Å². The first-order chi connectivity index (χ1) is 8.29. The van der Waals surface area contributed by atoms with E-state index in [-0.39, 0.29) is 0 Å². The molecule has 1 aromatic carbocycles. The molecule has 0 aliphatic heterocycles. The van der Waals surface area contributed by atoms with Crippen molar-refractivity contribution in [2.75, 3.05) is 0 Å². The molecule has 0 amide bonds. The van der Waals surface area contributed by atoms with Gasteiger partial charge in [0.1, 0.15) is 12.4 Å². The van der Waals surface area contributed by atoms with Gasteiger partial charge in [-0.2, -0.15) is 0 Å². The van der Waals surface area contributed by atoms with Crippen molar-refractivity contribution in [3.63, 3.8) is 0 Å². The number of nitrogens with two attached hydrogens (primary N) is 1. The molecule has 88 valence electrons. The standard InChI is InChI=1S/C14H16N2O/c1-11-4-6-13(7-5-11)17-10-14-12(9-15)3-2-8-16-14/h2-8H,9-10,15H2,1H3. The highest BCUT2D eigenvalue weighted by Crippen LogP contribution is 2.14. The zero-order valence-electron chi connectivity index (χ0n) is 9.89. The first-order valence-corrected chi connectivity index (χ1v) is 5.62. The van der Waals surface area contributed by atoms with Crippen LogP contribution < -0.4 is 10.5 Å². The highest BCUT2D eigenvalue weighted by atomic mass is 16.5. The van der Waals surface area contributed by atoms with Crippen molar-refractivity contribution in [1.82, 2.24) is 4.98 Å². The van der Waals surface area contributed by atoms with Crippen molar-refractivity contribution in [3.8, 4) is 5.75 Å². The Morgan fingerprint density at radius 1 is 1.18 bits per heavy atom. The summed E-state index contributed by atoms with van der Waals surface area (Å²) >= 11 is 0. The number of ether oxygens (including phenoxy) is 1. The number of nitrogens with zero attached hydrogens (tertiary/aromatic N) is 1. The molecule has 0 aliphatic rings. The second-order valence-electron chi connectivity index (χ2n) is 3.92.